The Morgan fingerprint density at radius 2 is 1.68 bits per heavy atom. The topological polar surface area (TPSA) is 98.8 Å². The standard InChI is InChI=1S/C33H37N3O4/c1-4-34-33(39)31-30(23-13-11-22(12-14-23)20-36-15-6-5-7-16-36)32(40-35-31)27-18-26(28(37)19-29(27)38)25-10-8-9-24(17-25)21(2)3/h8-14,17-19,21,37-38H,4-7,15-16,20H2,1-3H3,(H,34,39). The normalized spacial score (nSPS) is 14.0. The number of aromatic nitrogens is 1. The monoisotopic (exact) mass is 539 g/mol. The molecule has 7 heteroatoms. The Morgan fingerprint density at radius 1 is 0.950 bits per heavy atom. The summed E-state index contributed by atoms with van der Waals surface area (Å²) in [5.74, 6) is 0.0194. The summed E-state index contributed by atoms with van der Waals surface area (Å²) in [6.07, 6.45) is 3.76. The molecule has 40 heavy (non-hydrogen) atoms. The first kappa shape index (κ1) is 27.5. The molecule has 1 saturated heterocycles. The molecule has 1 aliphatic rings. The Labute approximate surface area is 235 Å². The molecule has 1 aliphatic heterocycles. The van der Waals surface area contributed by atoms with Gasteiger partial charge in [0.05, 0.1) is 11.1 Å². The number of phenols is 2. The highest BCUT2D eigenvalue weighted by molar-refractivity contribution is 6.03. The van der Waals surface area contributed by atoms with Gasteiger partial charge in [-0.3, -0.25) is 9.69 Å². The van der Waals surface area contributed by atoms with E-state index in [1.807, 2.05) is 37.3 Å². The maximum atomic E-state index is 13.0. The molecular weight excluding hydrogens is 502 g/mol. The minimum absolute atomic E-state index is 0.0470. The summed E-state index contributed by atoms with van der Waals surface area (Å²) in [6, 6.07) is 19.1. The number of amides is 1. The summed E-state index contributed by atoms with van der Waals surface area (Å²) >= 11 is 0. The van der Waals surface area contributed by atoms with E-state index in [0.717, 1.165) is 36.3 Å². The van der Waals surface area contributed by atoms with Crippen molar-refractivity contribution in [1.82, 2.24) is 15.4 Å². The van der Waals surface area contributed by atoms with E-state index in [1.54, 1.807) is 6.07 Å². The molecule has 0 saturated carbocycles. The van der Waals surface area contributed by atoms with Crippen molar-refractivity contribution >= 4 is 5.91 Å². The van der Waals surface area contributed by atoms with Crippen molar-refractivity contribution in [2.75, 3.05) is 19.6 Å². The highest BCUT2D eigenvalue weighted by Gasteiger charge is 2.27. The zero-order valence-corrected chi connectivity index (χ0v) is 23.4. The van der Waals surface area contributed by atoms with E-state index in [2.05, 4.69) is 47.4 Å². The first-order valence-electron chi connectivity index (χ1n) is 14.1. The van der Waals surface area contributed by atoms with Gasteiger partial charge in [0.1, 0.15) is 11.5 Å². The summed E-state index contributed by atoms with van der Waals surface area (Å²) in [5.41, 5.74) is 5.45. The Morgan fingerprint density at radius 3 is 2.38 bits per heavy atom. The average molecular weight is 540 g/mol. The second-order valence-corrected chi connectivity index (χ2v) is 10.8. The zero-order valence-electron chi connectivity index (χ0n) is 23.4. The van der Waals surface area contributed by atoms with Crippen LogP contribution in [-0.2, 0) is 6.54 Å². The number of carbonyl (C=O) groups is 1. The third-order valence-electron chi connectivity index (χ3n) is 7.56. The summed E-state index contributed by atoms with van der Waals surface area (Å²) in [4.78, 5) is 15.5. The minimum Gasteiger partial charge on any atom is -0.507 e. The molecule has 1 aromatic heterocycles. The molecule has 3 N–H and O–H groups in total. The first-order valence-corrected chi connectivity index (χ1v) is 14.1. The van der Waals surface area contributed by atoms with Gasteiger partial charge in [0.2, 0.25) is 0 Å². The van der Waals surface area contributed by atoms with Crippen LogP contribution in [0, 0.1) is 0 Å². The summed E-state index contributed by atoms with van der Waals surface area (Å²) in [5, 5.41) is 28.7. The molecule has 2 heterocycles. The molecular formula is C33H37N3O4. The first-order chi connectivity index (χ1) is 19.4. The maximum Gasteiger partial charge on any atom is 0.274 e. The largest absolute Gasteiger partial charge is 0.507 e. The SMILES string of the molecule is CCNC(=O)c1noc(-c2cc(-c3cccc(C(C)C)c3)c(O)cc2O)c1-c1ccc(CN2CCCCC2)cc1. The minimum atomic E-state index is -0.354. The molecule has 7 nitrogen and oxygen atoms in total. The van der Waals surface area contributed by atoms with E-state index >= 15 is 0 Å². The molecule has 5 rings (SSSR count). The number of nitrogens with one attached hydrogen (secondary N) is 1. The lowest BCUT2D eigenvalue weighted by molar-refractivity contribution is 0.0947. The molecule has 208 valence electrons. The van der Waals surface area contributed by atoms with Crippen LogP contribution in [0.5, 0.6) is 11.5 Å². The highest BCUT2D eigenvalue weighted by atomic mass is 16.5. The number of benzene rings is 3. The lowest BCUT2D eigenvalue weighted by Gasteiger charge is -2.26. The molecule has 1 amide bonds. The molecule has 0 spiro atoms. The summed E-state index contributed by atoms with van der Waals surface area (Å²) < 4.78 is 5.77. The smallest absolute Gasteiger partial charge is 0.274 e. The van der Waals surface area contributed by atoms with Gasteiger partial charge in [0.15, 0.2) is 11.5 Å². The van der Waals surface area contributed by atoms with Crippen LogP contribution < -0.4 is 5.32 Å². The number of piperidine rings is 1. The third kappa shape index (κ3) is 5.75. The van der Waals surface area contributed by atoms with Crippen LogP contribution in [0.1, 0.15) is 67.6 Å². The second-order valence-electron chi connectivity index (χ2n) is 10.8. The van der Waals surface area contributed by atoms with Gasteiger partial charge in [-0.25, -0.2) is 0 Å². The van der Waals surface area contributed by atoms with E-state index in [4.69, 9.17) is 4.52 Å². The van der Waals surface area contributed by atoms with Crippen molar-refractivity contribution < 1.29 is 19.5 Å². The Balaban J connectivity index is 1.58. The van der Waals surface area contributed by atoms with Crippen molar-refractivity contribution in [3.8, 4) is 45.1 Å². The van der Waals surface area contributed by atoms with Gasteiger partial charge in [-0.15, -0.1) is 0 Å². The van der Waals surface area contributed by atoms with Crippen molar-refractivity contribution in [2.45, 2.75) is 52.5 Å². The molecule has 0 radical (unpaired) electrons. The number of nitrogens with zero attached hydrogens (tertiary/aromatic N) is 2. The van der Waals surface area contributed by atoms with Gasteiger partial charge in [-0.05, 0) is 67.1 Å². The molecule has 0 atom stereocenters. The van der Waals surface area contributed by atoms with Gasteiger partial charge in [0.25, 0.3) is 5.91 Å². The number of hydrogen-bond donors (Lipinski definition) is 3. The van der Waals surface area contributed by atoms with Crippen LogP contribution in [0.15, 0.2) is 65.2 Å². The van der Waals surface area contributed by atoms with Crippen molar-refractivity contribution in [3.05, 3.63) is 77.5 Å². The lowest BCUT2D eigenvalue weighted by Crippen LogP contribution is -2.29. The molecule has 1 fully saturated rings. The fraction of sp³-hybridized carbons (Fsp3) is 0.333. The molecule has 3 aromatic carbocycles. The number of aromatic hydroxyl groups is 2. The predicted molar refractivity (Wildman–Crippen MR) is 157 cm³/mol. The van der Waals surface area contributed by atoms with Crippen LogP contribution in [0.2, 0.25) is 0 Å². The Hall–Kier alpha value is -4.10. The maximum absolute atomic E-state index is 13.0. The second kappa shape index (κ2) is 12.0. The van der Waals surface area contributed by atoms with Crippen LogP contribution in [0.25, 0.3) is 33.6 Å². The molecule has 0 unspecified atom stereocenters. The van der Waals surface area contributed by atoms with Crippen LogP contribution in [0.3, 0.4) is 0 Å². The Kier molecular flexibility index (Phi) is 8.21. The number of phenolic OH excluding ortho intramolecular Hbond substituents is 2. The quantitative estimate of drug-likeness (QED) is 0.224. The highest BCUT2D eigenvalue weighted by Crippen LogP contribution is 2.44. The summed E-state index contributed by atoms with van der Waals surface area (Å²) in [6.45, 7) is 9.62. The van der Waals surface area contributed by atoms with Crippen LogP contribution in [-0.4, -0.2) is 45.8 Å². The van der Waals surface area contributed by atoms with Gasteiger partial charge in [-0.1, -0.05) is 74.0 Å². The van der Waals surface area contributed by atoms with Crippen LogP contribution in [0.4, 0.5) is 0 Å². The Bertz CT molecular complexity index is 1480. The van der Waals surface area contributed by atoms with Gasteiger partial charge in [0, 0.05) is 24.7 Å². The van der Waals surface area contributed by atoms with Crippen molar-refractivity contribution in [1.29, 1.82) is 0 Å². The fourth-order valence-electron chi connectivity index (χ4n) is 5.35. The number of rotatable bonds is 8. The van der Waals surface area contributed by atoms with E-state index in [1.165, 1.54) is 30.9 Å². The lowest BCUT2D eigenvalue weighted by atomic mass is 9.93. The molecule has 0 aliphatic carbocycles. The predicted octanol–water partition coefficient (Wildman–Crippen LogP) is 6.95. The van der Waals surface area contributed by atoms with Gasteiger partial charge < -0.3 is 20.1 Å². The van der Waals surface area contributed by atoms with Crippen molar-refractivity contribution in [3.63, 3.8) is 0 Å². The van der Waals surface area contributed by atoms with E-state index in [-0.39, 0.29) is 28.9 Å². The molecule has 4 aromatic rings. The van der Waals surface area contributed by atoms with E-state index < -0.39 is 0 Å². The zero-order chi connectivity index (χ0) is 28.2. The van der Waals surface area contributed by atoms with E-state index in [0.29, 0.717) is 29.2 Å². The average Bonchev–Trinajstić information content (AvgIpc) is 3.39. The van der Waals surface area contributed by atoms with Crippen molar-refractivity contribution in [2.24, 2.45) is 0 Å². The van der Waals surface area contributed by atoms with E-state index in [9.17, 15) is 15.0 Å². The van der Waals surface area contributed by atoms with Crippen LogP contribution >= 0.6 is 0 Å². The number of hydrogen-bond acceptors (Lipinski definition) is 6. The number of likely N-dealkylation sites (tertiary alicyclic amines) is 1. The molecule has 0 bridgehead atoms. The third-order valence-corrected chi connectivity index (χ3v) is 7.56. The summed E-state index contributed by atoms with van der Waals surface area (Å²) in [7, 11) is 0. The van der Waals surface area contributed by atoms with Gasteiger partial charge in [-0.2, -0.15) is 0 Å². The number of carbonyl (C=O) groups excluding carboxylic acids is 1. The fourth-order valence-corrected chi connectivity index (χ4v) is 5.35. The van der Waals surface area contributed by atoms with Gasteiger partial charge >= 0.3 is 0 Å².